The number of amides is 1. The fourth-order valence-electron chi connectivity index (χ4n) is 3.58. The first kappa shape index (κ1) is 18.8. The maximum absolute atomic E-state index is 13.2. The number of nitrogens with one attached hydrogen (secondary N) is 1. The third-order valence-corrected chi connectivity index (χ3v) is 5.56. The predicted molar refractivity (Wildman–Crippen MR) is 107 cm³/mol. The number of rotatable bonds is 6. The molecular formula is C22H26ClNO2. The van der Waals surface area contributed by atoms with Crippen molar-refractivity contribution in [3.05, 3.63) is 59.1 Å². The van der Waals surface area contributed by atoms with Crippen LogP contribution in [0.3, 0.4) is 0 Å². The van der Waals surface area contributed by atoms with Crippen LogP contribution in [0.4, 0.5) is 5.69 Å². The Morgan fingerprint density at radius 3 is 2.31 bits per heavy atom. The van der Waals surface area contributed by atoms with Gasteiger partial charge >= 0.3 is 0 Å². The summed E-state index contributed by atoms with van der Waals surface area (Å²) in [6.45, 7) is 4.14. The minimum absolute atomic E-state index is 0.0629. The standard InChI is InChI=1S/C22H26ClNO2/c1-3-16(2)26-20-12-10-19(11-13-20)24-21(25)22(14-4-5-15-22)17-6-8-18(23)9-7-17/h6-13,16H,3-5,14-15H2,1-2H3,(H,24,25)/t16-/m0/s1. The number of halogens is 1. The fraction of sp³-hybridized carbons (Fsp3) is 0.409. The lowest BCUT2D eigenvalue weighted by molar-refractivity contribution is -0.121. The van der Waals surface area contributed by atoms with E-state index in [4.69, 9.17) is 16.3 Å². The van der Waals surface area contributed by atoms with Crippen LogP contribution in [0, 0.1) is 0 Å². The Morgan fingerprint density at radius 2 is 1.73 bits per heavy atom. The molecule has 3 rings (SSSR count). The first-order chi connectivity index (χ1) is 12.5. The number of hydrogen-bond acceptors (Lipinski definition) is 2. The topological polar surface area (TPSA) is 38.3 Å². The smallest absolute Gasteiger partial charge is 0.235 e. The lowest BCUT2D eigenvalue weighted by Crippen LogP contribution is -2.37. The second-order valence-corrected chi connectivity index (χ2v) is 7.55. The van der Waals surface area contributed by atoms with E-state index in [1.807, 2.05) is 55.5 Å². The highest BCUT2D eigenvalue weighted by molar-refractivity contribution is 6.30. The number of ether oxygens (including phenoxy) is 1. The van der Waals surface area contributed by atoms with Gasteiger partial charge in [0.2, 0.25) is 5.91 Å². The summed E-state index contributed by atoms with van der Waals surface area (Å²) in [4.78, 5) is 13.2. The Balaban J connectivity index is 1.75. The van der Waals surface area contributed by atoms with Crippen LogP contribution in [-0.2, 0) is 10.2 Å². The minimum Gasteiger partial charge on any atom is -0.491 e. The van der Waals surface area contributed by atoms with Crippen molar-refractivity contribution in [3.63, 3.8) is 0 Å². The van der Waals surface area contributed by atoms with E-state index in [1.165, 1.54) is 0 Å². The van der Waals surface area contributed by atoms with E-state index >= 15 is 0 Å². The molecule has 0 heterocycles. The molecule has 0 unspecified atom stereocenters. The zero-order valence-electron chi connectivity index (χ0n) is 15.4. The van der Waals surface area contributed by atoms with E-state index in [2.05, 4.69) is 12.2 Å². The summed E-state index contributed by atoms with van der Waals surface area (Å²) in [7, 11) is 0. The van der Waals surface area contributed by atoms with E-state index in [1.54, 1.807) is 0 Å². The van der Waals surface area contributed by atoms with Gasteiger partial charge in [0.1, 0.15) is 5.75 Å². The molecule has 2 aromatic carbocycles. The van der Waals surface area contributed by atoms with Crippen molar-refractivity contribution in [2.45, 2.75) is 57.5 Å². The quantitative estimate of drug-likeness (QED) is 0.679. The van der Waals surface area contributed by atoms with Crippen molar-refractivity contribution < 1.29 is 9.53 Å². The zero-order chi connectivity index (χ0) is 18.6. The van der Waals surface area contributed by atoms with E-state index in [9.17, 15) is 4.79 Å². The highest BCUT2D eigenvalue weighted by Crippen LogP contribution is 2.42. The molecule has 3 nitrogen and oxygen atoms in total. The minimum atomic E-state index is -0.462. The molecule has 4 heteroatoms. The van der Waals surface area contributed by atoms with Gasteiger partial charge in [0.05, 0.1) is 11.5 Å². The summed E-state index contributed by atoms with van der Waals surface area (Å²) in [5.41, 5.74) is 1.39. The van der Waals surface area contributed by atoms with Crippen LogP contribution in [0.15, 0.2) is 48.5 Å². The van der Waals surface area contributed by atoms with Crippen LogP contribution >= 0.6 is 11.6 Å². The first-order valence-electron chi connectivity index (χ1n) is 9.38. The van der Waals surface area contributed by atoms with E-state index < -0.39 is 5.41 Å². The first-order valence-corrected chi connectivity index (χ1v) is 9.75. The molecule has 0 aliphatic heterocycles. The van der Waals surface area contributed by atoms with Crippen molar-refractivity contribution in [1.82, 2.24) is 0 Å². The predicted octanol–water partition coefficient (Wildman–Crippen LogP) is 5.97. The summed E-state index contributed by atoms with van der Waals surface area (Å²) in [5.74, 6) is 0.888. The summed E-state index contributed by atoms with van der Waals surface area (Å²) in [6.07, 6.45) is 5.02. The van der Waals surface area contributed by atoms with E-state index in [0.29, 0.717) is 5.02 Å². The molecule has 0 radical (unpaired) electrons. The van der Waals surface area contributed by atoms with Crippen molar-refractivity contribution in [2.24, 2.45) is 0 Å². The van der Waals surface area contributed by atoms with Crippen LogP contribution in [0.25, 0.3) is 0 Å². The SMILES string of the molecule is CC[C@H](C)Oc1ccc(NC(=O)C2(c3ccc(Cl)cc3)CCCC2)cc1. The van der Waals surface area contributed by atoms with Crippen LogP contribution in [0.5, 0.6) is 5.75 Å². The van der Waals surface area contributed by atoms with Gasteiger partial charge in [-0.1, -0.05) is 43.5 Å². The van der Waals surface area contributed by atoms with Crippen LogP contribution in [0.1, 0.15) is 51.5 Å². The van der Waals surface area contributed by atoms with Gasteiger partial charge in [-0.2, -0.15) is 0 Å². The maximum Gasteiger partial charge on any atom is 0.235 e. The molecule has 1 aliphatic carbocycles. The molecule has 26 heavy (non-hydrogen) atoms. The molecular weight excluding hydrogens is 346 g/mol. The normalized spacial score (nSPS) is 16.9. The number of carbonyl (C=O) groups excluding carboxylic acids is 1. The Labute approximate surface area is 160 Å². The highest BCUT2D eigenvalue weighted by atomic mass is 35.5. The molecule has 0 bridgehead atoms. The molecule has 0 spiro atoms. The third kappa shape index (κ3) is 4.04. The average Bonchev–Trinajstić information content (AvgIpc) is 3.15. The second-order valence-electron chi connectivity index (χ2n) is 7.11. The third-order valence-electron chi connectivity index (χ3n) is 5.31. The Hall–Kier alpha value is -2.00. The van der Waals surface area contributed by atoms with Crippen LogP contribution < -0.4 is 10.1 Å². The molecule has 138 valence electrons. The molecule has 0 saturated heterocycles. The molecule has 1 fully saturated rings. The van der Waals surface area contributed by atoms with Crippen molar-refractivity contribution >= 4 is 23.2 Å². The number of hydrogen-bond donors (Lipinski definition) is 1. The number of carbonyl (C=O) groups is 1. The molecule has 1 saturated carbocycles. The van der Waals surface area contributed by atoms with Gasteiger partial charge in [-0.05, 0) is 68.1 Å². The number of benzene rings is 2. The fourth-order valence-corrected chi connectivity index (χ4v) is 3.70. The Bertz CT molecular complexity index is 734. The summed E-state index contributed by atoms with van der Waals surface area (Å²) >= 11 is 6.02. The van der Waals surface area contributed by atoms with Crippen molar-refractivity contribution in [3.8, 4) is 5.75 Å². The van der Waals surface area contributed by atoms with Crippen LogP contribution in [0.2, 0.25) is 5.02 Å². The van der Waals surface area contributed by atoms with Crippen LogP contribution in [-0.4, -0.2) is 12.0 Å². The highest BCUT2D eigenvalue weighted by Gasteiger charge is 2.42. The van der Waals surface area contributed by atoms with Gasteiger partial charge < -0.3 is 10.1 Å². The molecule has 1 N–H and O–H groups in total. The van der Waals surface area contributed by atoms with Gasteiger partial charge in [-0.3, -0.25) is 4.79 Å². The van der Waals surface area contributed by atoms with Crippen molar-refractivity contribution in [2.75, 3.05) is 5.32 Å². The van der Waals surface area contributed by atoms with E-state index in [0.717, 1.165) is 49.1 Å². The molecule has 1 aliphatic rings. The molecule has 0 aromatic heterocycles. The zero-order valence-corrected chi connectivity index (χ0v) is 16.2. The van der Waals surface area contributed by atoms with Gasteiger partial charge in [-0.15, -0.1) is 0 Å². The largest absolute Gasteiger partial charge is 0.491 e. The molecule has 1 amide bonds. The maximum atomic E-state index is 13.2. The van der Waals surface area contributed by atoms with Gasteiger partial charge in [-0.25, -0.2) is 0 Å². The lowest BCUT2D eigenvalue weighted by atomic mass is 9.78. The molecule has 1 atom stereocenters. The molecule has 2 aromatic rings. The average molecular weight is 372 g/mol. The van der Waals surface area contributed by atoms with Gasteiger partial charge in [0.15, 0.2) is 0 Å². The summed E-state index contributed by atoms with van der Waals surface area (Å²) < 4.78 is 5.80. The van der Waals surface area contributed by atoms with Gasteiger partial charge in [0.25, 0.3) is 0 Å². The Morgan fingerprint density at radius 1 is 1.12 bits per heavy atom. The van der Waals surface area contributed by atoms with Crippen molar-refractivity contribution in [1.29, 1.82) is 0 Å². The van der Waals surface area contributed by atoms with E-state index in [-0.39, 0.29) is 12.0 Å². The lowest BCUT2D eigenvalue weighted by Gasteiger charge is -2.28. The summed E-state index contributed by atoms with van der Waals surface area (Å²) in [5, 5.41) is 3.80. The monoisotopic (exact) mass is 371 g/mol. The number of anilines is 1. The van der Waals surface area contributed by atoms with Gasteiger partial charge in [0, 0.05) is 10.7 Å². The Kier molecular flexibility index (Phi) is 5.87. The second kappa shape index (κ2) is 8.13. The summed E-state index contributed by atoms with van der Waals surface area (Å²) in [6, 6.07) is 15.3.